The lowest BCUT2D eigenvalue weighted by Gasteiger charge is -2.33. The highest BCUT2D eigenvalue weighted by Gasteiger charge is 2.27. The molecule has 3 nitrogen and oxygen atoms in total. The van der Waals surface area contributed by atoms with Gasteiger partial charge in [-0.1, -0.05) is 46.8 Å². The average molecular weight is 336 g/mol. The fourth-order valence-electron chi connectivity index (χ4n) is 3.03. The summed E-state index contributed by atoms with van der Waals surface area (Å²) >= 11 is 0. The maximum atomic E-state index is 6.01. The SMILES string of the molecule is CC(OCCOc1ccc(C(C)(C)CC(C)(C)C)cc1)C(C)(C)N. The third-order valence-electron chi connectivity index (χ3n) is 4.38. The number of hydrogen-bond acceptors (Lipinski definition) is 3. The van der Waals surface area contributed by atoms with Crippen LogP contribution in [0.3, 0.4) is 0 Å². The lowest BCUT2D eigenvalue weighted by molar-refractivity contribution is 0.00813. The Hall–Kier alpha value is -1.06. The highest BCUT2D eigenvalue weighted by Crippen LogP contribution is 2.36. The van der Waals surface area contributed by atoms with Gasteiger partial charge < -0.3 is 15.2 Å². The minimum absolute atomic E-state index is 0.00155. The van der Waals surface area contributed by atoms with E-state index in [1.54, 1.807) is 0 Å². The predicted octanol–water partition coefficient (Wildman–Crippen LogP) is 4.92. The molecule has 1 unspecified atom stereocenters. The first kappa shape index (κ1) is 21.0. The number of rotatable bonds is 8. The summed E-state index contributed by atoms with van der Waals surface area (Å²) in [6.07, 6.45) is 1.14. The van der Waals surface area contributed by atoms with Crippen molar-refractivity contribution in [3.8, 4) is 5.75 Å². The molecule has 2 N–H and O–H groups in total. The summed E-state index contributed by atoms with van der Waals surface area (Å²) in [6.45, 7) is 18.5. The van der Waals surface area contributed by atoms with Gasteiger partial charge in [0.2, 0.25) is 0 Å². The molecule has 0 heterocycles. The van der Waals surface area contributed by atoms with Crippen molar-refractivity contribution in [2.45, 2.75) is 78.9 Å². The van der Waals surface area contributed by atoms with Crippen LogP contribution in [0, 0.1) is 5.41 Å². The molecule has 0 saturated carbocycles. The van der Waals surface area contributed by atoms with Gasteiger partial charge in [0.25, 0.3) is 0 Å². The highest BCUT2D eigenvalue weighted by molar-refractivity contribution is 5.31. The smallest absolute Gasteiger partial charge is 0.119 e. The lowest BCUT2D eigenvalue weighted by Crippen LogP contribution is -2.45. The molecule has 0 fully saturated rings. The van der Waals surface area contributed by atoms with E-state index in [1.165, 1.54) is 5.56 Å². The monoisotopic (exact) mass is 335 g/mol. The molecule has 1 atom stereocenters. The van der Waals surface area contributed by atoms with E-state index < -0.39 is 0 Å². The predicted molar refractivity (Wildman–Crippen MR) is 103 cm³/mol. The van der Waals surface area contributed by atoms with Crippen LogP contribution in [0.2, 0.25) is 0 Å². The number of hydrogen-bond donors (Lipinski definition) is 1. The zero-order valence-electron chi connectivity index (χ0n) is 16.9. The minimum Gasteiger partial charge on any atom is -0.491 e. The van der Waals surface area contributed by atoms with Gasteiger partial charge in [0.1, 0.15) is 12.4 Å². The van der Waals surface area contributed by atoms with Crippen LogP contribution in [0.15, 0.2) is 24.3 Å². The van der Waals surface area contributed by atoms with E-state index in [0.29, 0.717) is 18.6 Å². The molecule has 0 aromatic heterocycles. The van der Waals surface area contributed by atoms with Crippen molar-refractivity contribution in [1.82, 2.24) is 0 Å². The third-order valence-corrected chi connectivity index (χ3v) is 4.38. The molecule has 24 heavy (non-hydrogen) atoms. The van der Waals surface area contributed by atoms with Crippen LogP contribution in [0.4, 0.5) is 0 Å². The lowest BCUT2D eigenvalue weighted by atomic mass is 9.72. The fraction of sp³-hybridized carbons (Fsp3) is 0.714. The zero-order valence-corrected chi connectivity index (χ0v) is 16.9. The van der Waals surface area contributed by atoms with Crippen molar-refractivity contribution in [2.24, 2.45) is 11.1 Å². The van der Waals surface area contributed by atoms with Gasteiger partial charge in [0.15, 0.2) is 0 Å². The van der Waals surface area contributed by atoms with Crippen LogP contribution in [0.1, 0.15) is 67.4 Å². The summed E-state index contributed by atoms with van der Waals surface area (Å²) < 4.78 is 11.5. The topological polar surface area (TPSA) is 44.5 Å². The second kappa shape index (κ2) is 7.88. The van der Waals surface area contributed by atoms with Crippen LogP contribution in [0.5, 0.6) is 5.75 Å². The summed E-state index contributed by atoms with van der Waals surface area (Å²) in [7, 11) is 0. The third kappa shape index (κ3) is 7.23. The van der Waals surface area contributed by atoms with Crippen molar-refractivity contribution in [3.05, 3.63) is 29.8 Å². The van der Waals surface area contributed by atoms with E-state index in [1.807, 2.05) is 20.8 Å². The summed E-state index contributed by atoms with van der Waals surface area (Å²) in [5, 5.41) is 0. The number of ether oxygens (including phenoxy) is 2. The highest BCUT2D eigenvalue weighted by atomic mass is 16.5. The molecule has 0 aliphatic rings. The van der Waals surface area contributed by atoms with Gasteiger partial charge in [0, 0.05) is 5.54 Å². The Labute approximate surface area is 148 Å². The molecule has 3 heteroatoms. The second-order valence-corrected chi connectivity index (χ2v) is 9.33. The van der Waals surface area contributed by atoms with Gasteiger partial charge in [-0.3, -0.25) is 0 Å². The second-order valence-electron chi connectivity index (χ2n) is 9.33. The Kier molecular flexibility index (Phi) is 6.89. The standard InChI is InChI=1S/C21H37NO2/c1-16(21(7,8)22)23-13-14-24-18-11-9-17(10-12-18)20(5,6)15-19(2,3)4/h9-12,16H,13-15,22H2,1-8H3. The molecule has 0 aliphatic carbocycles. The van der Waals surface area contributed by atoms with Crippen molar-refractivity contribution in [2.75, 3.05) is 13.2 Å². The molecule has 1 aromatic carbocycles. The van der Waals surface area contributed by atoms with E-state index in [9.17, 15) is 0 Å². The van der Waals surface area contributed by atoms with Gasteiger partial charge >= 0.3 is 0 Å². The van der Waals surface area contributed by atoms with Crippen LogP contribution in [-0.4, -0.2) is 24.9 Å². The van der Waals surface area contributed by atoms with Crippen molar-refractivity contribution in [1.29, 1.82) is 0 Å². The van der Waals surface area contributed by atoms with Crippen LogP contribution >= 0.6 is 0 Å². The van der Waals surface area contributed by atoms with Crippen LogP contribution in [-0.2, 0) is 10.2 Å². The fourth-order valence-corrected chi connectivity index (χ4v) is 3.03. The Morgan fingerprint density at radius 2 is 1.46 bits per heavy atom. The van der Waals surface area contributed by atoms with Crippen molar-refractivity contribution in [3.63, 3.8) is 0 Å². The first-order valence-electron chi connectivity index (χ1n) is 8.95. The van der Waals surface area contributed by atoms with Gasteiger partial charge in [-0.05, 0) is 55.7 Å². The van der Waals surface area contributed by atoms with Crippen LogP contribution < -0.4 is 10.5 Å². The Morgan fingerprint density at radius 1 is 0.917 bits per heavy atom. The molecule has 0 radical (unpaired) electrons. The van der Waals surface area contributed by atoms with Crippen molar-refractivity contribution < 1.29 is 9.47 Å². The Morgan fingerprint density at radius 3 is 1.92 bits per heavy atom. The minimum atomic E-state index is -0.333. The molecular formula is C21H37NO2. The molecule has 0 aliphatic heterocycles. The molecule has 0 bridgehead atoms. The number of benzene rings is 1. The first-order valence-corrected chi connectivity index (χ1v) is 8.95. The normalized spacial score (nSPS) is 14.5. The van der Waals surface area contributed by atoms with E-state index in [0.717, 1.165) is 12.2 Å². The maximum absolute atomic E-state index is 6.01. The van der Waals surface area contributed by atoms with Gasteiger partial charge in [-0.25, -0.2) is 0 Å². The largest absolute Gasteiger partial charge is 0.491 e. The molecule has 0 saturated heterocycles. The Bertz CT molecular complexity index is 492. The van der Waals surface area contributed by atoms with E-state index in [-0.39, 0.29) is 17.1 Å². The van der Waals surface area contributed by atoms with Gasteiger partial charge in [-0.15, -0.1) is 0 Å². The van der Waals surface area contributed by atoms with E-state index >= 15 is 0 Å². The van der Waals surface area contributed by atoms with E-state index in [2.05, 4.69) is 58.9 Å². The van der Waals surface area contributed by atoms with Crippen LogP contribution in [0.25, 0.3) is 0 Å². The quantitative estimate of drug-likeness (QED) is 0.686. The van der Waals surface area contributed by atoms with E-state index in [4.69, 9.17) is 15.2 Å². The molecule has 0 spiro atoms. The summed E-state index contributed by atoms with van der Waals surface area (Å²) in [5.41, 5.74) is 7.49. The molecule has 138 valence electrons. The summed E-state index contributed by atoms with van der Waals surface area (Å²) in [4.78, 5) is 0. The summed E-state index contributed by atoms with van der Waals surface area (Å²) in [5.74, 6) is 0.883. The Balaban J connectivity index is 2.51. The van der Waals surface area contributed by atoms with Crippen molar-refractivity contribution >= 4 is 0 Å². The maximum Gasteiger partial charge on any atom is 0.119 e. The first-order chi connectivity index (χ1) is 10.8. The van der Waals surface area contributed by atoms with Gasteiger partial charge in [-0.2, -0.15) is 0 Å². The zero-order chi connectivity index (χ0) is 18.6. The average Bonchev–Trinajstić information content (AvgIpc) is 2.40. The molecular weight excluding hydrogens is 298 g/mol. The molecule has 1 aromatic rings. The molecule has 1 rings (SSSR count). The molecule has 0 amide bonds. The van der Waals surface area contributed by atoms with Gasteiger partial charge in [0.05, 0.1) is 12.7 Å². The summed E-state index contributed by atoms with van der Waals surface area (Å²) in [6, 6.07) is 8.45. The number of nitrogens with two attached hydrogens (primary N) is 1.